The van der Waals surface area contributed by atoms with Crippen LogP contribution < -0.4 is 5.32 Å². The molecule has 0 aliphatic carbocycles. The number of imide groups is 1. The largest absolute Gasteiger partial charge is 0.462 e. The standard InChI is InChI=1S/C16H18N2O5S/c1-10-4-5-11(23-10)7-13-15(20)18(16(21)24-13)9-14(19)17-8-12-3-2-6-22-12/h4-5,7,12H,2-3,6,8-9H2,1H3,(H,17,19)/b13-7-/t12-/m0/s1. The summed E-state index contributed by atoms with van der Waals surface area (Å²) in [7, 11) is 0. The number of rotatable bonds is 5. The fraction of sp³-hybridized carbons (Fsp3) is 0.438. The molecule has 0 saturated carbocycles. The summed E-state index contributed by atoms with van der Waals surface area (Å²) < 4.78 is 10.8. The van der Waals surface area contributed by atoms with Gasteiger partial charge in [-0.15, -0.1) is 0 Å². The van der Waals surface area contributed by atoms with Gasteiger partial charge in [0.1, 0.15) is 18.1 Å². The molecule has 2 aliphatic rings. The van der Waals surface area contributed by atoms with Gasteiger partial charge in [0.05, 0.1) is 11.0 Å². The number of nitrogens with zero attached hydrogens (tertiary/aromatic N) is 1. The molecular formula is C16H18N2O5S. The van der Waals surface area contributed by atoms with Crippen molar-refractivity contribution >= 4 is 34.9 Å². The van der Waals surface area contributed by atoms with Crippen molar-refractivity contribution in [2.75, 3.05) is 19.7 Å². The number of aryl methyl sites for hydroxylation is 1. The van der Waals surface area contributed by atoms with E-state index in [4.69, 9.17) is 9.15 Å². The highest BCUT2D eigenvalue weighted by Gasteiger charge is 2.36. The van der Waals surface area contributed by atoms with Crippen LogP contribution in [-0.2, 0) is 14.3 Å². The van der Waals surface area contributed by atoms with E-state index in [0.717, 1.165) is 29.5 Å². The maximum Gasteiger partial charge on any atom is 0.294 e. The average molecular weight is 350 g/mol. The zero-order chi connectivity index (χ0) is 17.1. The predicted octanol–water partition coefficient (Wildman–Crippen LogP) is 1.92. The van der Waals surface area contributed by atoms with E-state index in [1.54, 1.807) is 19.1 Å². The minimum Gasteiger partial charge on any atom is -0.462 e. The lowest BCUT2D eigenvalue weighted by Crippen LogP contribution is -2.41. The Kier molecular flexibility index (Phi) is 5.06. The zero-order valence-corrected chi connectivity index (χ0v) is 14.1. The molecule has 3 heterocycles. The number of amides is 3. The first-order valence-corrected chi connectivity index (χ1v) is 8.54. The highest BCUT2D eigenvalue weighted by molar-refractivity contribution is 8.18. The summed E-state index contributed by atoms with van der Waals surface area (Å²) in [6.45, 7) is 2.62. The van der Waals surface area contributed by atoms with Crippen LogP contribution in [0.2, 0.25) is 0 Å². The minimum atomic E-state index is -0.480. The number of furan rings is 1. The molecule has 24 heavy (non-hydrogen) atoms. The van der Waals surface area contributed by atoms with Gasteiger partial charge in [-0.1, -0.05) is 0 Å². The monoisotopic (exact) mass is 350 g/mol. The van der Waals surface area contributed by atoms with E-state index in [0.29, 0.717) is 24.7 Å². The van der Waals surface area contributed by atoms with E-state index < -0.39 is 11.1 Å². The van der Waals surface area contributed by atoms with E-state index in [1.807, 2.05) is 0 Å². The Morgan fingerprint density at radius 2 is 2.29 bits per heavy atom. The van der Waals surface area contributed by atoms with Gasteiger partial charge in [-0.3, -0.25) is 19.3 Å². The van der Waals surface area contributed by atoms with Crippen molar-refractivity contribution in [1.29, 1.82) is 0 Å². The number of hydrogen-bond acceptors (Lipinski definition) is 6. The van der Waals surface area contributed by atoms with Gasteiger partial charge in [0.15, 0.2) is 0 Å². The first kappa shape index (κ1) is 16.8. The summed E-state index contributed by atoms with van der Waals surface area (Å²) in [6, 6.07) is 3.49. The second-order valence-corrected chi connectivity index (χ2v) is 6.65. The van der Waals surface area contributed by atoms with Crippen molar-refractivity contribution in [3.63, 3.8) is 0 Å². The molecule has 0 spiro atoms. The first-order chi connectivity index (χ1) is 11.5. The van der Waals surface area contributed by atoms with Crippen molar-refractivity contribution in [2.24, 2.45) is 0 Å². The van der Waals surface area contributed by atoms with Crippen molar-refractivity contribution in [2.45, 2.75) is 25.9 Å². The molecule has 0 unspecified atom stereocenters. The summed E-state index contributed by atoms with van der Waals surface area (Å²) in [5.41, 5.74) is 0. The Morgan fingerprint density at radius 1 is 1.46 bits per heavy atom. The summed E-state index contributed by atoms with van der Waals surface area (Å²) >= 11 is 0.805. The number of nitrogens with one attached hydrogen (secondary N) is 1. The van der Waals surface area contributed by atoms with Crippen LogP contribution in [0, 0.1) is 6.92 Å². The van der Waals surface area contributed by atoms with Gasteiger partial charge in [0, 0.05) is 19.2 Å². The maximum absolute atomic E-state index is 12.3. The van der Waals surface area contributed by atoms with E-state index >= 15 is 0 Å². The van der Waals surface area contributed by atoms with Crippen LogP contribution in [-0.4, -0.2) is 47.8 Å². The van der Waals surface area contributed by atoms with Crippen molar-refractivity contribution in [3.8, 4) is 0 Å². The quantitative estimate of drug-likeness (QED) is 0.816. The SMILES string of the molecule is Cc1ccc(/C=C2\SC(=O)N(CC(=O)NC[C@@H]3CCCO3)C2=O)o1. The fourth-order valence-electron chi connectivity index (χ4n) is 2.53. The van der Waals surface area contributed by atoms with Gasteiger partial charge >= 0.3 is 0 Å². The van der Waals surface area contributed by atoms with Crippen LogP contribution in [0.4, 0.5) is 4.79 Å². The zero-order valence-electron chi connectivity index (χ0n) is 13.2. The lowest BCUT2D eigenvalue weighted by Gasteiger charge is -2.14. The normalized spacial score (nSPS) is 22.6. The van der Waals surface area contributed by atoms with Gasteiger partial charge in [-0.25, -0.2) is 0 Å². The van der Waals surface area contributed by atoms with E-state index in [2.05, 4.69) is 5.32 Å². The van der Waals surface area contributed by atoms with Gasteiger partial charge in [-0.05, 0) is 43.7 Å². The topological polar surface area (TPSA) is 88.9 Å². The Balaban J connectivity index is 1.57. The van der Waals surface area contributed by atoms with Crippen molar-refractivity contribution in [3.05, 3.63) is 28.6 Å². The molecule has 2 saturated heterocycles. The fourth-order valence-corrected chi connectivity index (χ4v) is 3.35. The van der Waals surface area contributed by atoms with Gasteiger partial charge in [-0.2, -0.15) is 0 Å². The highest BCUT2D eigenvalue weighted by Crippen LogP contribution is 2.32. The van der Waals surface area contributed by atoms with Crippen LogP contribution in [0.25, 0.3) is 6.08 Å². The summed E-state index contributed by atoms with van der Waals surface area (Å²) in [6.07, 6.45) is 3.43. The molecule has 7 nitrogen and oxygen atoms in total. The Morgan fingerprint density at radius 3 is 2.96 bits per heavy atom. The van der Waals surface area contributed by atoms with Crippen LogP contribution in [0.15, 0.2) is 21.5 Å². The number of thioether (sulfide) groups is 1. The van der Waals surface area contributed by atoms with E-state index in [-0.39, 0.29) is 23.5 Å². The van der Waals surface area contributed by atoms with Gasteiger partial charge in [0.25, 0.3) is 11.1 Å². The number of ether oxygens (including phenoxy) is 1. The molecule has 3 rings (SSSR count). The molecule has 0 radical (unpaired) electrons. The number of hydrogen-bond donors (Lipinski definition) is 1. The smallest absolute Gasteiger partial charge is 0.294 e. The van der Waals surface area contributed by atoms with Crippen molar-refractivity contribution < 1.29 is 23.5 Å². The molecular weight excluding hydrogens is 332 g/mol. The molecule has 0 bridgehead atoms. The Bertz CT molecular complexity index is 690. The Labute approximate surface area is 143 Å². The average Bonchev–Trinajstić information content (AvgIpc) is 3.25. The number of carbonyl (C=O) groups is 3. The third kappa shape index (κ3) is 3.88. The molecule has 128 valence electrons. The van der Waals surface area contributed by atoms with Crippen LogP contribution in [0.3, 0.4) is 0 Å². The molecule has 2 aliphatic heterocycles. The molecule has 1 aromatic heterocycles. The third-order valence-corrected chi connectivity index (χ3v) is 4.67. The molecule has 0 aromatic carbocycles. The molecule has 3 amide bonds. The van der Waals surface area contributed by atoms with Crippen LogP contribution in [0.5, 0.6) is 0 Å². The van der Waals surface area contributed by atoms with Crippen LogP contribution in [0.1, 0.15) is 24.4 Å². The van der Waals surface area contributed by atoms with Crippen molar-refractivity contribution in [1.82, 2.24) is 10.2 Å². The minimum absolute atomic E-state index is 0.0194. The summed E-state index contributed by atoms with van der Waals surface area (Å²) in [5.74, 6) is 0.365. The lowest BCUT2D eigenvalue weighted by atomic mass is 10.2. The van der Waals surface area contributed by atoms with E-state index in [9.17, 15) is 14.4 Å². The van der Waals surface area contributed by atoms with Gasteiger partial charge in [0.2, 0.25) is 5.91 Å². The van der Waals surface area contributed by atoms with Crippen LogP contribution >= 0.6 is 11.8 Å². The first-order valence-electron chi connectivity index (χ1n) is 7.73. The van der Waals surface area contributed by atoms with E-state index in [1.165, 1.54) is 6.08 Å². The number of carbonyl (C=O) groups excluding carboxylic acids is 3. The molecule has 8 heteroatoms. The molecule has 2 fully saturated rings. The molecule has 1 N–H and O–H groups in total. The Hall–Kier alpha value is -2.06. The molecule has 1 atom stereocenters. The maximum atomic E-state index is 12.3. The molecule has 1 aromatic rings. The lowest BCUT2D eigenvalue weighted by molar-refractivity contribution is -0.129. The summed E-state index contributed by atoms with van der Waals surface area (Å²) in [4.78, 5) is 37.4. The second-order valence-electron chi connectivity index (χ2n) is 5.66. The second kappa shape index (κ2) is 7.23. The van der Waals surface area contributed by atoms with Gasteiger partial charge < -0.3 is 14.5 Å². The third-order valence-electron chi connectivity index (χ3n) is 3.76. The highest BCUT2D eigenvalue weighted by atomic mass is 32.2. The predicted molar refractivity (Wildman–Crippen MR) is 88.1 cm³/mol. The summed E-state index contributed by atoms with van der Waals surface area (Å²) in [5, 5.41) is 2.25.